The first kappa shape index (κ1) is 17.1. The Morgan fingerprint density at radius 2 is 1.92 bits per heavy atom. The summed E-state index contributed by atoms with van der Waals surface area (Å²) in [6.07, 6.45) is 4.62. The summed E-state index contributed by atoms with van der Waals surface area (Å²) in [6.45, 7) is 5.12. The van der Waals surface area contributed by atoms with E-state index in [1.807, 2.05) is 19.9 Å². The summed E-state index contributed by atoms with van der Waals surface area (Å²) in [7, 11) is 0. The van der Waals surface area contributed by atoms with Crippen LogP contribution in [-0.4, -0.2) is 51.2 Å². The number of esters is 1. The lowest BCUT2D eigenvalue weighted by molar-refractivity contribution is -0.135. The van der Waals surface area contributed by atoms with Gasteiger partial charge in [0.15, 0.2) is 12.4 Å². The van der Waals surface area contributed by atoms with Gasteiger partial charge < -0.3 is 9.64 Å². The molecule has 0 saturated carbocycles. The monoisotopic (exact) mass is 342 g/mol. The van der Waals surface area contributed by atoms with Gasteiger partial charge in [-0.25, -0.2) is 14.5 Å². The molecule has 1 aliphatic heterocycles. The van der Waals surface area contributed by atoms with Gasteiger partial charge in [0.1, 0.15) is 0 Å². The van der Waals surface area contributed by atoms with Crippen molar-refractivity contribution in [2.45, 2.75) is 33.1 Å². The van der Waals surface area contributed by atoms with E-state index in [1.165, 1.54) is 6.20 Å². The fourth-order valence-electron chi connectivity index (χ4n) is 2.94. The molecule has 25 heavy (non-hydrogen) atoms. The van der Waals surface area contributed by atoms with Crippen molar-refractivity contribution in [2.75, 3.05) is 19.7 Å². The number of aromatic nitrogens is 3. The van der Waals surface area contributed by atoms with Crippen molar-refractivity contribution in [3.05, 3.63) is 41.3 Å². The van der Waals surface area contributed by atoms with Crippen LogP contribution >= 0.6 is 0 Å². The van der Waals surface area contributed by atoms with Crippen LogP contribution in [0.4, 0.5) is 0 Å². The van der Waals surface area contributed by atoms with E-state index in [4.69, 9.17) is 4.74 Å². The minimum atomic E-state index is -0.544. The van der Waals surface area contributed by atoms with Crippen LogP contribution in [0.5, 0.6) is 0 Å². The third-order valence-electron chi connectivity index (χ3n) is 4.25. The average Bonchev–Trinajstić information content (AvgIpc) is 2.98. The summed E-state index contributed by atoms with van der Waals surface area (Å²) in [5.41, 5.74) is 2.18. The highest BCUT2D eigenvalue weighted by Crippen LogP contribution is 2.12. The number of rotatable bonds is 4. The molecule has 1 fully saturated rings. The third kappa shape index (κ3) is 4.04. The summed E-state index contributed by atoms with van der Waals surface area (Å²) in [4.78, 5) is 30.1. The normalized spacial score (nSPS) is 14.4. The largest absolute Gasteiger partial charge is 0.452 e. The van der Waals surface area contributed by atoms with Crippen LogP contribution in [0.2, 0.25) is 0 Å². The van der Waals surface area contributed by atoms with Crippen molar-refractivity contribution in [3.8, 4) is 5.82 Å². The number of hydrogen-bond acceptors (Lipinski definition) is 5. The Bertz CT molecular complexity index is 761. The molecule has 1 amide bonds. The van der Waals surface area contributed by atoms with Crippen molar-refractivity contribution in [2.24, 2.45) is 0 Å². The molecule has 3 heterocycles. The molecule has 0 bridgehead atoms. The lowest BCUT2D eigenvalue weighted by atomic mass is 10.1. The number of piperidine rings is 1. The summed E-state index contributed by atoms with van der Waals surface area (Å²) in [5.74, 6) is -0.0513. The van der Waals surface area contributed by atoms with Gasteiger partial charge >= 0.3 is 5.97 Å². The molecular weight excluding hydrogens is 320 g/mol. The van der Waals surface area contributed by atoms with E-state index in [1.54, 1.807) is 21.7 Å². The molecule has 2 aromatic rings. The Labute approximate surface area is 146 Å². The van der Waals surface area contributed by atoms with Crippen LogP contribution in [0.25, 0.3) is 5.82 Å². The number of aryl methyl sites for hydroxylation is 2. The highest BCUT2D eigenvalue weighted by Gasteiger charge is 2.18. The van der Waals surface area contributed by atoms with Crippen LogP contribution < -0.4 is 0 Å². The number of carbonyl (C=O) groups is 2. The van der Waals surface area contributed by atoms with Gasteiger partial charge in [0.25, 0.3) is 5.91 Å². The summed E-state index contributed by atoms with van der Waals surface area (Å²) >= 11 is 0. The summed E-state index contributed by atoms with van der Waals surface area (Å²) in [6, 6.07) is 5.30. The molecule has 0 aliphatic carbocycles. The fourth-order valence-corrected chi connectivity index (χ4v) is 2.94. The van der Waals surface area contributed by atoms with Crippen molar-refractivity contribution < 1.29 is 14.3 Å². The molecule has 1 saturated heterocycles. The zero-order chi connectivity index (χ0) is 17.8. The molecular formula is C18H22N4O3. The van der Waals surface area contributed by atoms with E-state index in [2.05, 4.69) is 10.1 Å². The first-order chi connectivity index (χ1) is 12.0. The van der Waals surface area contributed by atoms with Crippen LogP contribution in [0, 0.1) is 13.8 Å². The molecule has 0 aromatic carbocycles. The molecule has 7 nitrogen and oxygen atoms in total. The zero-order valence-corrected chi connectivity index (χ0v) is 14.6. The van der Waals surface area contributed by atoms with Gasteiger partial charge in [0.05, 0.1) is 11.3 Å². The van der Waals surface area contributed by atoms with Crippen LogP contribution in [0.15, 0.2) is 24.4 Å². The van der Waals surface area contributed by atoms with Crippen molar-refractivity contribution >= 4 is 11.9 Å². The number of carbonyl (C=O) groups excluding carboxylic acids is 2. The van der Waals surface area contributed by atoms with E-state index in [0.717, 1.165) is 43.7 Å². The van der Waals surface area contributed by atoms with E-state index in [9.17, 15) is 9.59 Å². The van der Waals surface area contributed by atoms with E-state index < -0.39 is 5.97 Å². The Hall–Kier alpha value is -2.70. The number of amides is 1. The maximum atomic E-state index is 12.1. The molecule has 0 atom stereocenters. The molecule has 0 N–H and O–H groups in total. The van der Waals surface area contributed by atoms with Gasteiger partial charge in [-0.1, -0.05) is 0 Å². The molecule has 0 radical (unpaired) electrons. The predicted molar refractivity (Wildman–Crippen MR) is 91.5 cm³/mol. The third-order valence-corrected chi connectivity index (χ3v) is 4.25. The Morgan fingerprint density at radius 1 is 1.16 bits per heavy atom. The highest BCUT2D eigenvalue weighted by molar-refractivity contribution is 5.91. The molecule has 1 aliphatic rings. The molecule has 132 valence electrons. The Balaban J connectivity index is 1.59. The van der Waals surface area contributed by atoms with Crippen molar-refractivity contribution in [3.63, 3.8) is 0 Å². The SMILES string of the molecule is Cc1cc(C)n(-c2ccc(C(=O)OCC(=O)N3CCCCC3)cn2)n1. The van der Waals surface area contributed by atoms with Gasteiger partial charge in [-0.3, -0.25) is 4.79 Å². The summed E-state index contributed by atoms with van der Waals surface area (Å²) < 4.78 is 6.84. The lowest BCUT2D eigenvalue weighted by Gasteiger charge is -2.26. The lowest BCUT2D eigenvalue weighted by Crippen LogP contribution is -2.38. The van der Waals surface area contributed by atoms with Crippen LogP contribution in [0.3, 0.4) is 0 Å². The van der Waals surface area contributed by atoms with Gasteiger partial charge in [-0.2, -0.15) is 5.10 Å². The zero-order valence-electron chi connectivity index (χ0n) is 14.6. The standard InChI is InChI=1S/C18H22N4O3/c1-13-10-14(2)22(20-13)16-7-6-15(11-19-16)18(24)25-12-17(23)21-8-4-3-5-9-21/h6-7,10-11H,3-5,8-9,12H2,1-2H3. The smallest absolute Gasteiger partial charge is 0.340 e. The van der Waals surface area contributed by atoms with Gasteiger partial charge in [-0.15, -0.1) is 0 Å². The number of nitrogens with zero attached hydrogens (tertiary/aromatic N) is 4. The maximum Gasteiger partial charge on any atom is 0.340 e. The van der Waals surface area contributed by atoms with Crippen LogP contribution in [-0.2, 0) is 9.53 Å². The quantitative estimate of drug-likeness (QED) is 0.795. The minimum Gasteiger partial charge on any atom is -0.452 e. The minimum absolute atomic E-state index is 0.139. The van der Waals surface area contributed by atoms with Crippen LogP contribution in [0.1, 0.15) is 41.0 Å². The van der Waals surface area contributed by atoms with Gasteiger partial charge in [-0.05, 0) is 51.3 Å². The number of hydrogen-bond donors (Lipinski definition) is 0. The number of pyridine rings is 1. The Morgan fingerprint density at radius 3 is 2.52 bits per heavy atom. The Kier molecular flexibility index (Phi) is 5.11. The molecule has 3 rings (SSSR count). The second-order valence-corrected chi connectivity index (χ2v) is 6.26. The summed E-state index contributed by atoms with van der Waals surface area (Å²) in [5, 5.41) is 4.35. The van der Waals surface area contributed by atoms with E-state index in [-0.39, 0.29) is 12.5 Å². The fraction of sp³-hybridized carbons (Fsp3) is 0.444. The van der Waals surface area contributed by atoms with Crippen molar-refractivity contribution in [1.82, 2.24) is 19.7 Å². The first-order valence-electron chi connectivity index (χ1n) is 8.49. The number of ether oxygens (including phenoxy) is 1. The molecule has 0 spiro atoms. The molecule has 7 heteroatoms. The highest BCUT2D eigenvalue weighted by atomic mass is 16.5. The number of likely N-dealkylation sites (tertiary alicyclic amines) is 1. The van der Waals surface area contributed by atoms with Gasteiger partial charge in [0, 0.05) is 25.0 Å². The molecule has 2 aromatic heterocycles. The first-order valence-corrected chi connectivity index (χ1v) is 8.49. The van der Waals surface area contributed by atoms with Crippen molar-refractivity contribution in [1.29, 1.82) is 0 Å². The van der Waals surface area contributed by atoms with Gasteiger partial charge in [0.2, 0.25) is 0 Å². The maximum absolute atomic E-state index is 12.1. The predicted octanol–water partition coefficient (Wildman–Crippen LogP) is 2.05. The average molecular weight is 342 g/mol. The topological polar surface area (TPSA) is 77.3 Å². The second kappa shape index (κ2) is 7.46. The van der Waals surface area contributed by atoms with E-state index in [0.29, 0.717) is 11.4 Å². The van der Waals surface area contributed by atoms with E-state index >= 15 is 0 Å². The molecule has 0 unspecified atom stereocenters. The second-order valence-electron chi connectivity index (χ2n) is 6.26.